The first-order valence-corrected chi connectivity index (χ1v) is 9.60. The van der Waals surface area contributed by atoms with Gasteiger partial charge in [-0.1, -0.05) is 13.8 Å². The number of carbonyl (C=O) groups excluding carboxylic acids is 1. The Balaban J connectivity index is 2.02. The number of carbonyl (C=O) groups is 1. The molecule has 0 spiro atoms. The van der Waals surface area contributed by atoms with E-state index in [1.165, 1.54) is 19.4 Å². The lowest BCUT2D eigenvalue weighted by Crippen LogP contribution is -2.42. The van der Waals surface area contributed by atoms with Gasteiger partial charge < -0.3 is 15.0 Å². The maximum Gasteiger partial charge on any atom is 0.211 e. The van der Waals surface area contributed by atoms with E-state index in [1.807, 2.05) is 26.0 Å². The standard InChI is InChI=1S/C21H34N2O2/c1-15(2)18-7-9-19(23(5)13-18)8-6-17-12-20(25-16(3)4)10-11-21(17)22-14-24/h10-12,14-16,18-19H,6-9,13H2,1-5H3,(H,22,24). The van der Waals surface area contributed by atoms with Crippen LogP contribution in [-0.2, 0) is 11.2 Å². The normalized spacial score (nSPS) is 21.6. The molecule has 1 fully saturated rings. The molecule has 4 nitrogen and oxygen atoms in total. The monoisotopic (exact) mass is 346 g/mol. The number of likely N-dealkylation sites (tertiary alicyclic amines) is 1. The van der Waals surface area contributed by atoms with Gasteiger partial charge in [0.15, 0.2) is 0 Å². The zero-order chi connectivity index (χ0) is 18.4. The van der Waals surface area contributed by atoms with Gasteiger partial charge in [-0.25, -0.2) is 0 Å². The molecule has 1 aliphatic rings. The van der Waals surface area contributed by atoms with Gasteiger partial charge in [0.2, 0.25) is 6.41 Å². The summed E-state index contributed by atoms with van der Waals surface area (Å²) in [7, 11) is 2.25. The molecule has 2 atom stereocenters. The van der Waals surface area contributed by atoms with Crippen LogP contribution in [0.3, 0.4) is 0 Å². The summed E-state index contributed by atoms with van der Waals surface area (Å²) in [5, 5.41) is 2.83. The second kappa shape index (κ2) is 9.23. The molecule has 1 aromatic carbocycles. The minimum absolute atomic E-state index is 0.148. The minimum Gasteiger partial charge on any atom is -0.491 e. The molecule has 2 unspecified atom stereocenters. The molecule has 1 saturated heterocycles. The highest BCUT2D eigenvalue weighted by molar-refractivity contribution is 5.73. The van der Waals surface area contributed by atoms with Crippen LogP contribution < -0.4 is 10.1 Å². The number of anilines is 1. The average molecular weight is 347 g/mol. The van der Waals surface area contributed by atoms with Crippen LogP contribution in [-0.4, -0.2) is 37.0 Å². The second-order valence-electron chi connectivity index (χ2n) is 7.96. The van der Waals surface area contributed by atoms with E-state index in [9.17, 15) is 4.79 Å². The van der Waals surface area contributed by atoms with Gasteiger partial charge in [-0.15, -0.1) is 0 Å². The van der Waals surface area contributed by atoms with Crippen molar-refractivity contribution < 1.29 is 9.53 Å². The van der Waals surface area contributed by atoms with E-state index >= 15 is 0 Å². The summed E-state index contributed by atoms with van der Waals surface area (Å²) in [6, 6.07) is 6.57. The first kappa shape index (κ1) is 19.8. The van der Waals surface area contributed by atoms with Gasteiger partial charge in [0, 0.05) is 18.3 Å². The first-order chi connectivity index (χ1) is 11.9. The molecule has 0 aromatic heterocycles. The van der Waals surface area contributed by atoms with Crippen LogP contribution in [0.1, 0.15) is 52.5 Å². The average Bonchev–Trinajstić information content (AvgIpc) is 2.55. The van der Waals surface area contributed by atoms with Gasteiger partial charge in [0.05, 0.1) is 6.10 Å². The Morgan fingerprint density at radius 1 is 1.28 bits per heavy atom. The summed E-state index contributed by atoms with van der Waals surface area (Å²) in [5.41, 5.74) is 2.05. The van der Waals surface area contributed by atoms with Crippen LogP contribution in [0.4, 0.5) is 5.69 Å². The molecule has 25 heavy (non-hydrogen) atoms. The van der Waals surface area contributed by atoms with E-state index in [2.05, 4.69) is 37.2 Å². The highest BCUT2D eigenvalue weighted by atomic mass is 16.5. The molecular weight excluding hydrogens is 312 g/mol. The molecule has 0 aliphatic carbocycles. The summed E-state index contributed by atoms with van der Waals surface area (Å²) in [4.78, 5) is 13.4. The molecule has 140 valence electrons. The van der Waals surface area contributed by atoms with Crippen LogP contribution in [0.15, 0.2) is 18.2 Å². The zero-order valence-corrected chi connectivity index (χ0v) is 16.4. The Morgan fingerprint density at radius 3 is 2.64 bits per heavy atom. The number of ether oxygens (including phenoxy) is 1. The van der Waals surface area contributed by atoms with Gasteiger partial charge in [-0.2, -0.15) is 0 Å². The number of nitrogens with one attached hydrogen (secondary N) is 1. The third kappa shape index (κ3) is 5.74. The molecule has 1 aromatic rings. The van der Waals surface area contributed by atoms with Crippen molar-refractivity contribution in [2.24, 2.45) is 11.8 Å². The Hall–Kier alpha value is -1.55. The van der Waals surface area contributed by atoms with Crippen molar-refractivity contribution >= 4 is 12.1 Å². The summed E-state index contributed by atoms with van der Waals surface area (Å²) in [6.45, 7) is 9.91. The fourth-order valence-electron chi connectivity index (χ4n) is 3.79. The largest absolute Gasteiger partial charge is 0.491 e. The number of amides is 1. The van der Waals surface area contributed by atoms with Crippen molar-refractivity contribution in [3.8, 4) is 5.75 Å². The van der Waals surface area contributed by atoms with Gasteiger partial charge in [0.1, 0.15) is 5.75 Å². The SMILES string of the molecule is CC(C)Oc1ccc(NC=O)c(CCC2CCC(C(C)C)CN2C)c1. The fraction of sp³-hybridized carbons (Fsp3) is 0.667. The van der Waals surface area contributed by atoms with Crippen molar-refractivity contribution in [3.63, 3.8) is 0 Å². The second-order valence-corrected chi connectivity index (χ2v) is 7.96. The molecule has 0 bridgehead atoms. The Labute approximate surface area is 152 Å². The fourth-order valence-corrected chi connectivity index (χ4v) is 3.79. The van der Waals surface area contributed by atoms with Crippen molar-refractivity contribution in [1.82, 2.24) is 4.90 Å². The predicted octanol–water partition coefficient (Wildman–Crippen LogP) is 4.34. The van der Waals surface area contributed by atoms with Crippen LogP contribution in [0, 0.1) is 11.8 Å². The number of aryl methyl sites for hydroxylation is 1. The lowest BCUT2D eigenvalue weighted by molar-refractivity contribution is -0.105. The quantitative estimate of drug-likeness (QED) is 0.712. The molecular formula is C21H34N2O2. The van der Waals surface area contributed by atoms with Crippen molar-refractivity contribution in [3.05, 3.63) is 23.8 Å². The van der Waals surface area contributed by atoms with E-state index in [0.29, 0.717) is 6.04 Å². The number of hydrogen-bond donors (Lipinski definition) is 1. The maximum absolute atomic E-state index is 10.9. The van der Waals surface area contributed by atoms with Gasteiger partial charge >= 0.3 is 0 Å². The number of nitrogens with zero attached hydrogens (tertiary/aromatic N) is 1. The minimum atomic E-state index is 0.148. The van der Waals surface area contributed by atoms with Crippen molar-refractivity contribution in [2.75, 3.05) is 18.9 Å². The lowest BCUT2D eigenvalue weighted by Gasteiger charge is -2.39. The Kier molecular flexibility index (Phi) is 7.30. The molecule has 0 radical (unpaired) electrons. The van der Waals surface area contributed by atoms with Crippen LogP contribution in [0.5, 0.6) is 5.75 Å². The predicted molar refractivity (Wildman–Crippen MR) is 104 cm³/mol. The molecule has 1 heterocycles. The maximum atomic E-state index is 10.9. The Bertz CT molecular complexity index is 557. The molecule has 1 aliphatic heterocycles. The van der Waals surface area contributed by atoms with Gasteiger partial charge in [-0.3, -0.25) is 4.79 Å². The van der Waals surface area contributed by atoms with Crippen molar-refractivity contribution in [2.45, 2.75) is 65.5 Å². The topological polar surface area (TPSA) is 41.6 Å². The summed E-state index contributed by atoms with van der Waals surface area (Å²) >= 11 is 0. The highest BCUT2D eigenvalue weighted by Crippen LogP contribution is 2.30. The number of benzene rings is 1. The van der Waals surface area contributed by atoms with E-state index in [-0.39, 0.29) is 6.10 Å². The van der Waals surface area contributed by atoms with E-state index in [0.717, 1.165) is 48.1 Å². The zero-order valence-electron chi connectivity index (χ0n) is 16.4. The number of piperidine rings is 1. The lowest BCUT2D eigenvalue weighted by atomic mass is 9.84. The summed E-state index contributed by atoms with van der Waals surface area (Å²) in [5.74, 6) is 2.45. The molecule has 1 N–H and O–H groups in total. The Morgan fingerprint density at radius 2 is 2.04 bits per heavy atom. The number of hydrogen-bond acceptors (Lipinski definition) is 3. The highest BCUT2D eigenvalue weighted by Gasteiger charge is 2.27. The van der Waals surface area contributed by atoms with Crippen molar-refractivity contribution in [1.29, 1.82) is 0 Å². The van der Waals surface area contributed by atoms with E-state index in [1.54, 1.807) is 0 Å². The van der Waals surface area contributed by atoms with Gasteiger partial charge in [0.25, 0.3) is 0 Å². The smallest absolute Gasteiger partial charge is 0.211 e. The third-order valence-electron chi connectivity index (χ3n) is 5.37. The first-order valence-electron chi connectivity index (χ1n) is 9.60. The van der Waals surface area contributed by atoms with E-state index < -0.39 is 0 Å². The molecule has 0 saturated carbocycles. The molecule has 2 rings (SSSR count). The number of rotatable bonds is 8. The van der Waals surface area contributed by atoms with Crippen LogP contribution in [0.25, 0.3) is 0 Å². The third-order valence-corrected chi connectivity index (χ3v) is 5.37. The van der Waals surface area contributed by atoms with Crippen LogP contribution in [0.2, 0.25) is 0 Å². The summed E-state index contributed by atoms with van der Waals surface area (Å²) < 4.78 is 5.81. The summed E-state index contributed by atoms with van der Waals surface area (Å²) in [6.07, 6.45) is 5.55. The van der Waals surface area contributed by atoms with E-state index in [4.69, 9.17) is 4.74 Å². The molecule has 4 heteroatoms. The molecule has 1 amide bonds. The van der Waals surface area contributed by atoms with Crippen LogP contribution >= 0.6 is 0 Å². The van der Waals surface area contributed by atoms with Gasteiger partial charge in [-0.05, 0) is 82.2 Å².